The third-order valence-electron chi connectivity index (χ3n) is 4.57. The maximum Gasteiger partial charge on any atom is 0.241 e. The standard InChI is InChI=1S/C17H23N5O2/c1-11(10-24-2)20-17-19-9-16-13(8-18)7-15(22(16)21-17)12-3-5-14(23)6-4-12/h7,9,11-12,14,23H,3-6,10H2,1-2H3,(H,20,21)/t11-,12?,14?/m0/s1. The maximum absolute atomic E-state index is 9.73. The molecule has 1 saturated carbocycles. The van der Waals surface area contributed by atoms with E-state index in [4.69, 9.17) is 4.74 Å². The average molecular weight is 329 g/mol. The van der Waals surface area contributed by atoms with Crippen LogP contribution in [0.3, 0.4) is 0 Å². The van der Waals surface area contributed by atoms with Crippen LogP contribution in [0.4, 0.5) is 5.95 Å². The molecular weight excluding hydrogens is 306 g/mol. The lowest BCUT2D eigenvalue weighted by atomic mass is 9.85. The molecule has 0 spiro atoms. The Kier molecular flexibility index (Phi) is 4.97. The maximum atomic E-state index is 9.73. The molecule has 0 amide bonds. The molecule has 1 fully saturated rings. The van der Waals surface area contributed by atoms with Crippen LogP contribution in [-0.4, -0.2) is 45.6 Å². The summed E-state index contributed by atoms with van der Waals surface area (Å²) in [4.78, 5) is 4.32. The molecule has 3 rings (SSSR count). The highest BCUT2D eigenvalue weighted by molar-refractivity contribution is 5.62. The van der Waals surface area contributed by atoms with Crippen LogP contribution in [0.25, 0.3) is 5.52 Å². The van der Waals surface area contributed by atoms with Crippen LogP contribution in [0.5, 0.6) is 0 Å². The number of nitrogens with zero attached hydrogens (tertiary/aromatic N) is 4. The quantitative estimate of drug-likeness (QED) is 0.872. The minimum absolute atomic E-state index is 0.0896. The minimum Gasteiger partial charge on any atom is -0.393 e. The highest BCUT2D eigenvalue weighted by Gasteiger charge is 2.25. The number of hydrogen-bond donors (Lipinski definition) is 2. The molecule has 2 N–H and O–H groups in total. The number of rotatable bonds is 5. The SMILES string of the molecule is COC[C@H](C)Nc1ncc2c(C#N)cc(C3CCC(O)CC3)n2n1. The number of fused-ring (bicyclic) bond motifs is 1. The van der Waals surface area contributed by atoms with Crippen molar-refractivity contribution in [3.05, 3.63) is 23.5 Å². The first-order valence-corrected chi connectivity index (χ1v) is 8.34. The van der Waals surface area contributed by atoms with E-state index in [0.717, 1.165) is 36.9 Å². The lowest BCUT2D eigenvalue weighted by molar-refractivity contribution is 0.121. The number of anilines is 1. The normalized spacial score (nSPS) is 22.2. The van der Waals surface area contributed by atoms with Gasteiger partial charge in [0.2, 0.25) is 5.95 Å². The molecule has 24 heavy (non-hydrogen) atoms. The van der Waals surface area contributed by atoms with Gasteiger partial charge in [-0.3, -0.25) is 0 Å². The lowest BCUT2D eigenvalue weighted by Gasteiger charge is -2.25. The van der Waals surface area contributed by atoms with Crippen LogP contribution in [0.2, 0.25) is 0 Å². The van der Waals surface area contributed by atoms with E-state index in [9.17, 15) is 10.4 Å². The van der Waals surface area contributed by atoms with Crippen molar-refractivity contribution < 1.29 is 9.84 Å². The van der Waals surface area contributed by atoms with E-state index in [1.807, 2.05) is 17.5 Å². The summed E-state index contributed by atoms with van der Waals surface area (Å²) < 4.78 is 6.95. The predicted molar refractivity (Wildman–Crippen MR) is 89.9 cm³/mol. The summed E-state index contributed by atoms with van der Waals surface area (Å²) in [6.07, 6.45) is 4.89. The summed E-state index contributed by atoms with van der Waals surface area (Å²) in [5.41, 5.74) is 2.34. The van der Waals surface area contributed by atoms with Gasteiger partial charge in [-0.2, -0.15) is 5.26 Å². The van der Waals surface area contributed by atoms with Gasteiger partial charge in [-0.15, -0.1) is 5.10 Å². The van der Waals surface area contributed by atoms with Gasteiger partial charge in [0.05, 0.1) is 24.5 Å². The summed E-state index contributed by atoms with van der Waals surface area (Å²) in [5.74, 6) is 0.825. The van der Waals surface area contributed by atoms with Crippen molar-refractivity contribution in [2.45, 2.75) is 50.7 Å². The Hall–Kier alpha value is -2.17. The number of aliphatic hydroxyl groups is 1. The molecule has 7 heteroatoms. The zero-order valence-electron chi connectivity index (χ0n) is 14.1. The number of aromatic nitrogens is 3. The van der Waals surface area contributed by atoms with Crippen LogP contribution in [0.15, 0.2) is 12.3 Å². The highest BCUT2D eigenvalue weighted by atomic mass is 16.5. The minimum atomic E-state index is -0.204. The molecule has 2 aromatic heterocycles. The molecule has 128 valence electrons. The van der Waals surface area contributed by atoms with Gasteiger partial charge in [-0.05, 0) is 38.7 Å². The van der Waals surface area contributed by atoms with Crippen molar-refractivity contribution in [3.63, 3.8) is 0 Å². The first-order chi connectivity index (χ1) is 11.6. The van der Waals surface area contributed by atoms with E-state index in [1.54, 1.807) is 13.3 Å². The summed E-state index contributed by atoms with van der Waals surface area (Å²) in [6, 6.07) is 4.23. The number of ether oxygens (including phenoxy) is 1. The van der Waals surface area contributed by atoms with Crippen molar-refractivity contribution in [2.75, 3.05) is 19.0 Å². The predicted octanol–water partition coefficient (Wildman–Crippen LogP) is 2.07. The van der Waals surface area contributed by atoms with Crippen molar-refractivity contribution >= 4 is 11.5 Å². The fourth-order valence-corrected chi connectivity index (χ4v) is 3.34. The molecule has 2 heterocycles. The van der Waals surface area contributed by atoms with Gasteiger partial charge >= 0.3 is 0 Å². The molecule has 0 aliphatic heterocycles. The molecule has 1 aliphatic rings. The third-order valence-corrected chi connectivity index (χ3v) is 4.57. The smallest absolute Gasteiger partial charge is 0.241 e. The molecule has 0 radical (unpaired) electrons. The largest absolute Gasteiger partial charge is 0.393 e. The molecule has 2 aromatic rings. The van der Waals surface area contributed by atoms with Crippen LogP contribution < -0.4 is 5.32 Å². The zero-order valence-corrected chi connectivity index (χ0v) is 14.1. The van der Waals surface area contributed by atoms with Crippen LogP contribution >= 0.6 is 0 Å². The monoisotopic (exact) mass is 329 g/mol. The van der Waals surface area contributed by atoms with Gasteiger partial charge in [0.15, 0.2) is 0 Å². The summed E-state index contributed by atoms with van der Waals surface area (Å²) in [6.45, 7) is 2.56. The molecule has 7 nitrogen and oxygen atoms in total. The summed E-state index contributed by atoms with van der Waals surface area (Å²) in [5, 5.41) is 26.9. The van der Waals surface area contributed by atoms with Crippen molar-refractivity contribution in [3.8, 4) is 6.07 Å². The molecule has 1 atom stereocenters. The van der Waals surface area contributed by atoms with Gasteiger partial charge < -0.3 is 15.2 Å². The number of nitrogens with one attached hydrogen (secondary N) is 1. The van der Waals surface area contributed by atoms with Gasteiger partial charge in [0.1, 0.15) is 11.6 Å². The topological polar surface area (TPSA) is 95.5 Å². The Morgan fingerprint density at radius 2 is 2.21 bits per heavy atom. The summed E-state index contributed by atoms with van der Waals surface area (Å²) >= 11 is 0. The Morgan fingerprint density at radius 1 is 1.46 bits per heavy atom. The third kappa shape index (κ3) is 3.35. The Balaban J connectivity index is 1.94. The fraction of sp³-hybridized carbons (Fsp3) is 0.588. The highest BCUT2D eigenvalue weighted by Crippen LogP contribution is 2.34. The van der Waals surface area contributed by atoms with E-state index < -0.39 is 0 Å². The van der Waals surface area contributed by atoms with Crippen molar-refractivity contribution in [1.82, 2.24) is 14.6 Å². The van der Waals surface area contributed by atoms with Gasteiger partial charge in [-0.25, -0.2) is 9.50 Å². The number of hydrogen-bond acceptors (Lipinski definition) is 6. The van der Waals surface area contributed by atoms with Crippen LogP contribution in [0.1, 0.15) is 49.8 Å². The average Bonchev–Trinajstić information content (AvgIpc) is 2.94. The Bertz CT molecular complexity index is 743. The van der Waals surface area contributed by atoms with Crippen LogP contribution in [-0.2, 0) is 4.74 Å². The summed E-state index contributed by atoms with van der Waals surface area (Å²) in [7, 11) is 1.66. The number of aliphatic hydroxyl groups excluding tert-OH is 1. The first-order valence-electron chi connectivity index (χ1n) is 8.34. The first kappa shape index (κ1) is 16.7. The zero-order chi connectivity index (χ0) is 17.1. The molecular formula is C17H23N5O2. The lowest BCUT2D eigenvalue weighted by Crippen LogP contribution is -2.23. The van der Waals surface area contributed by atoms with E-state index in [0.29, 0.717) is 24.0 Å². The van der Waals surface area contributed by atoms with Crippen molar-refractivity contribution in [2.24, 2.45) is 0 Å². The molecule has 0 unspecified atom stereocenters. The van der Waals surface area contributed by atoms with Crippen molar-refractivity contribution in [1.29, 1.82) is 5.26 Å². The van der Waals surface area contributed by atoms with Gasteiger partial charge in [0, 0.05) is 24.8 Å². The second-order valence-electron chi connectivity index (χ2n) is 6.48. The number of methoxy groups -OCH3 is 1. The Morgan fingerprint density at radius 3 is 2.88 bits per heavy atom. The second-order valence-corrected chi connectivity index (χ2v) is 6.48. The molecule has 0 bridgehead atoms. The van der Waals surface area contributed by atoms with Gasteiger partial charge in [0.25, 0.3) is 0 Å². The van der Waals surface area contributed by atoms with E-state index in [-0.39, 0.29) is 12.1 Å². The molecule has 0 aromatic carbocycles. The van der Waals surface area contributed by atoms with E-state index >= 15 is 0 Å². The van der Waals surface area contributed by atoms with Crippen LogP contribution in [0, 0.1) is 11.3 Å². The molecule has 0 saturated heterocycles. The fourth-order valence-electron chi connectivity index (χ4n) is 3.34. The Labute approximate surface area is 141 Å². The number of nitriles is 1. The second kappa shape index (κ2) is 7.16. The molecule has 1 aliphatic carbocycles. The van der Waals surface area contributed by atoms with E-state index in [2.05, 4.69) is 21.5 Å². The van der Waals surface area contributed by atoms with E-state index in [1.165, 1.54) is 0 Å². The van der Waals surface area contributed by atoms with Gasteiger partial charge in [-0.1, -0.05) is 0 Å².